The van der Waals surface area contributed by atoms with Crippen molar-refractivity contribution in [3.05, 3.63) is 54.1 Å². The van der Waals surface area contributed by atoms with Crippen LogP contribution in [0.2, 0.25) is 0 Å². The number of anilines is 1. The minimum absolute atomic E-state index is 0.0980. The highest BCUT2D eigenvalue weighted by Gasteiger charge is 2.31. The first kappa shape index (κ1) is 21.2. The van der Waals surface area contributed by atoms with Gasteiger partial charge in [-0.15, -0.1) is 0 Å². The van der Waals surface area contributed by atoms with Gasteiger partial charge in [0.25, 0.3) is 0 Å². The summed E-state index contributed by atoms with van der Waals surface area (Å²) in [6.45, 7) is 4.11. The molecule has 0 spiro atoms. The molecule has 1 fully saturated rings. The number of nitrogens with zero attached hydrogens (tertiary/aromatic N) is 2. The quantitative estimate of drug-likeness (QED) is 0.636. The monoisotopic (exact) mass is 424 g/mol. The summed E-state index contributed by atoms with van der Waals surface area (Å²) in [6.07, 6.45) is 1.98. The van der Waals surface area contributed by atoms with Gasteiger partial charge >= 0.3 is 5.97 Å². The maximum atomic E-state index is 13.3. The SMILES string of the molecule is CCOC(=O)CN(C(=O)CN1CCCC1c1ccc2c(c1)OCCO2)c1ccccc1. The zero-order chi connectivity index (χ0) is 21.6. The van der Waals surface area contributed by atoms with Crippen molar-refractivity contribution in [3.63, 3.8) is 0 Å². The second kappa shape index (κ2) is 9.83. The van der Waals surface area contributed by atoms with Crippen molar-refractivity contribution < 1.29 is 23.8 Å². The molecule has 1 atom stereocenters. The van der Waals surface area contributed by atoms with Crippen molar-refractivity contribution in [1.82, 2.24) is 4.90 Å². The molecular formula is C24H28N2O5. The highest BCUT2D eigenvalue weighted by atomic mass is 16.6. The molecule has 1 unspecified atom stereocenters. The molecule has 4 rings (SSSR count). The van der Waals surface area contributed by atoms with Gasteiger partial charge in [-0.3, -0.25) is 14.5 Å². The Morgan fingerprint density at radius 2 is 1.87 bits per heavy atom. The minimum Gasteiger partial charge on any atom is -0.486 e. The third-order valence-electron chi connectivity index (χ3n) is 5.61. The van der Waals surface area contributed by atoms with E-state index in [0.717, 1.165) is 36.4 Å². The van der Waals surface area contributed by atoms with Gasteiger partial charge in [-0.2, -0.15) is 0 Å². The second-order valence-electron chi connectivity index (χ2n) is 7.65. The first-order chi connectivity index (χ1) is 15.2. The van der Waals surface area contributed by atoms with E-state index in [1.165, 1.54) is 4.90 Å². The number of carbonyl (C=O) groups is 2. The minimum atomic E-state index is -0.412. The number of rotatable bonds is 7. The number of likely N-dealkylation sites (tertiary alicyclic amines) is 1. The van der Waals surface area contributed by atoms with Gasteiger partial charge in [0.1, 0.15) is 19.8 Å². The predicted molar refractivity (Wildman–Crippen MR) is 116 cm³/mol. The molecule has 2 aliphatic heterocycles. The molecule has 1 saturated heterocycles. The Morgan fingerprint density at radius 3 is 2.65 bits per heavy atom. The number of benzene rings is 2. The van der Waals surface area contributed by atoms with Gasteiger partial charge in [0.2, 0.25) is 5.91 Å². The Kier molecular flexibility index (Phi) is 6.72. The standard InChI is InChI=1S/C24H28N2O5/c1-2-29-24(28)17-26(19-7-4-3-5-8-19)23(27)16-25-12-6-9-20(25)18-10-11-21-22(15-18)31-14-13-30-21/h3-5,7-8,10-11,15,20H,2,6,9,12-14,16-17H2,1H3. The molecule has 0 N–H and O–H groups in total. The molecule has 164 valence electrons. The average molecular weight is 424 g/mol. The average Bonchev–Trinajstić information content (AvgIpc) is 3.26. The van der Waals surface area contributed by atoms with Crippen molar-refractivity contribution >= 4 is 17.6 Å². The molecule has 31 heavy (non-hydrogen) atoms. The molecule has 2 aromatic rings. The molecule has 0 radical (unpaired) electrons. The summed E-state index contributed by atoms with van der Waals surface area (Å²) in [6, 6.07) is 15.4. The lowest BCUT2D eigenvalue weighted by Crippen LogP contribution is -2.43. The summed E-state index contributed by atoms with van der Waals surface area (Å²) >= 11 is 0. The Bertz CT molecular complexity index is 917. The predicted octanol–water partition coefficient (Wildman–Crippen LogP) is 3.19. The van der Waals surface area contributed by atoms with Crippen molar-refractivity contribution in [2.24, 2.45) is 0 Å². The number of para-hydroxylation sites is 1. The van der Waals surface area contributed by atoms with Crippen LogP contribution in [0.15, 0.2) is 48.5 Å². The number of ether oxygens (including phenoxy) is 3. The van der Waals surface area contributed by atoms with Gasteiger partial charge in [0, 0.05) is 11.7 Å². The molecule has 2 heterocycles. The molecule has 0 aromatic heterocycles. The fourth-order valence-electron chi connectivity index (χ4n) is 4.19. The summed E-state index contributed by atoms with van der Waals surface area (Å²) < 4.78 is 16.4. The number of hydrogen-bond acceptors (Lipinski definition) is 6. The van der Waals surface area contributed by atoms with Gasteiger partial charge in [0.15, 0.2) is 11.5 Å². The first-order valence-corrected chi connectivity index (χ1v) is 10.8. The number of esters is 1. The van der Waals surface area contributed by atoms with Crippen molar-refractivity contribution in [2.45, 2.75) is 25.8 Å². The topological polar surface area (TPSA) is 68.3 Å². The van der Waals surface area contributed by atoms with Crippen LogP contribution in [-0.2, 0) is 14.3 Å². The molecule has 0 bridgehead atoms. The van der Waals surface area contributed by atoms with Gasteiger partial charge in [-0.25, -0.2) is 0 Å². The van der Waals surface area contributed by atoms with E-state index in [4.69, 9.17) is 14.2 Å². The number of carbonyl (C=O) groups excluding carboxylic acids is 2. The van der Waals surface area contributed by atoms with Crippen LogP contribution in [-0.4, -0.2) is 56.2 Å². The van der Waals surface area contributed by atoms with Gasteiger partial charge in [-0.05, 0) is 56.1 Å². The lowest BCUT2D eigenvalue weighted by Gasteiger charge is -2.29. The van der Waals surface area contributed by atoms with Crippen molar-refractivity contribution in [1.29, 1.82) is 0 Å². The van der Waals surface area contributed by atoms with E-state index in [-0.39, 0.29) is 31.6 Å². The molecule has 2 aliphatic rings. The van der Waals surface area contributed by atoms with E-state index in [1.54, 1.807) is 6.92 Å². The lowest BCUT2D eigenvalue weighted by atomic mass is 10.0. The summed E-state index contributed by atoms with van der Waals surface area (Å²) in [5.41, 5.74) is 1.81. The van der Waals surface area contributed by atoms with Crippen LogP contribution in [0.25, 0.3) is 0 Å². The van der Waals surface area contributed by atoms with E-state index in [9.17, 15) is 9.59 Å². The van der Waals surface area contributed by atoms with Crippen LogP contribution < -0.4 is 14.4 Å². The van der Waals surface area contributed by atoms with E-state index >= 15 is 0 Å². The van der Waals surface area contributed by atoms with Crippen molar-refractivity contribution in [3.8, 4) is 11.5 Å². The lowest BCUT2D eigenvalue weighted by molar-refractivity contribution is -0.142. The third-order valence-corrected chi connectivity index (χ3v) is 5.61. The fourth-order valence-corrected chi connectivity index (χ4v) is 4.19. The van der Waals surface area contributed by atoms with Crippen LogP contribution >= 0.6 is 0 Å². The van der Waals surface area contributed by atoms with Crippen LogP contribution in [0.4, 0.5) is 5.69 Å². The van der Waals surface area contributed by atoms with Crippen LogP contribution in [0, 0.1) is 0 Å². The smallest absolute Gasteiger partial charge is 0.326 e. The number of hydrogen-bond donors (Lipinski definition) is 0. The summed E-state index contributed by atoms with van der Waals surface area (Å²) in [5.74, 6) is 0.990. The largest absolute Gasteiger partial charge is 0.486 e. The van der Waals surface area contributed by atoms with Crippen LogP contribution in [0.5, 0.6) is 11.5 Å². The van der Waals surface area contributed by atoms with Crippen molar-refractivity contribution in [2.75, 3.05) is 44.4 Å². The van der Waals surface area contributed by atoms with E-state index in [2.05, 4.69) is 11.0 Å². The Labute approximate surface area is 182 Å². The third kappa shape index (κ3) is 4.99. The second-order valence-corrected chi connectivity index (χ2v) is 7.65. The summed E-state index contributed by atoms with van der Waals surface area (Å²) in [7, 11) is 0. The Balaban J connectivity index is 1.50. The molecule has 1 amide bonds. The van der Waals surface area contributed by atoms with E-state index < -0.39 is 5.97 Å². The Hall–Kier alpha value is -3.06. The maximum absolute atomic E-state index is 13.3. The molecule has 0 saturated carbocycles. The van der Waals surface area contributed by atoms with Gasteiger partial charge < -0.3 is 19.1 Å². The zero-order valence-electron chi connectivity index (χ0n) is 17.8. The fraction of sp³-hybridized carbons (Fsp3) is 0.417. The Morgan fingerprint density at radius 1 is 1.10 bits per heavy atom. The maximum Gasteiger partial charge on any atom is 0.326 e. The highest BCUT2D eigenvalue weighted by molar-refractivity contribution is 5.98. The molecule has 7 heteroatoms. The summed E-state index contributed by atoms with van der Waals surface area (Å²) in [5, 5.41) is 0. The number of fused-ring (bicyclic) bond motifs is 1. The molecule has 0 aliphatic carbocycles. The molecule has 7 nitrogen and oxygen atoms in total. The van der Waals surface area contributed by atoms with Crippen LogP contribution in [0.3, 0.4) is 0 Å². The summed E-state index contributed by atoms with van der Waals surface area (Å²) in [4.78, 5) is 29.1. The zero-order valence-corrected chi connectivity index (χ0v) is 17.8. The molecular weight excluding hydrogens is 396 g/mol. The first-order valence-electron chi connectivity index (χ1n) is 10.8. The number of amides is 1. The van der Waals surface area contributed by atoms with Gasteiger partial charge in [0.05, 0.1) is 13.2 Å². The highest BCUT2D eigenvalue weighted by Crippen LogP contribution is 2.38. The van der Waals surface area contributed by atoms with Gasteiger partial charge in [-0.1, -0.05) is 24.3 Å². The normalized spacial score (nSPS) is 17.9. The molecule has 2 aromatic carbocycles. The van der Waals surface area contributed by atoms with E-state index in [1.807, 2.05) is 42.5 Å². The van der Waals surface area contributed by atoms with E-state index in [0.29, 0.717) is 18.9 Å². The van der Waals surface area contributed by atoms with Crippen LogP contribution in [0.1, 0.15) is 31.4 Å².